The maximum Gasteiger partial charge on any atom is 0.306 e. The molecule has 81 heavy (non-hydrogen) atoms. The molecule has 0 aliphatic carbocycles. The standard InChI is InChI=1S/C75H140O6/c1-4-7-10-13-16-19-22-25-28-31-33-34-35-36-37-38-39-40-41-42-45-47-50-53-56-59-62-65-68-74(77)80-71-72(70-79-73(76)67-64-61-58-55-52-49-46-43-30-27-24-21-18-15-12-9-6-3)81-75(78)69-66-63-60-57-54-51-48-44-32-29-26-23-20-17-14-11-8-5-2/h20,23,27,29-30,32,72H,4-19,21-22,24-26,28,31,33-71H2,1-3H3/b23-20-,30-27-,32-29-. The van der Waals surface area contributed by atoms with E-state index < -0.39 is 6.10 Å². The largest absolute Gasteiger partial charge is 0.462 e. The molecule has 0 spiro atoms. The van der Waals surface area contributed by atoms with Gasteiger partial charge in [-0.3, -0.25) is 14.4 Å². The molecule has 0 rings (SSSR count). The zero-order valence-corrected chi connectivity index (χ0v) is 54.8. The molecular weight excluding hydrogens is 997 g/mol. The highest BCUT2D eigenvalue weighted by atomic mass is 16.6. The summed E-state index contributed by atoms with van der Waals surface area (Å²) < 4.78 is 17.0. The molecule has 0 saturated heterocycles. The number of ether oxygens (including phenoxy) is 3. The topological polar surface area (TPSA) is 78.9 Å². The minimum Gasteiger partial charge on any atom is -0.462 e. The Hall–Kier alpha value is -2.37. The second kappa shape index (κ2) is 70.1. The van der Waals surface area contributed by atoms with Gasteiger partial charge < -0.3 is 14.2 Å². The lowest BCUT2D eigenvalue weighted by Crippen LogP contribution is -2.30. The average Bonchev–Trinajstić information content (AvgIpc) is 3.47. The van der Waals surface area contributed by atoms with Crippen LogP contribution in [0.25, 0.3) is 0 Å². The first-order valence-electron chi connectivity index (χ1n) is 36.5. The smallest absolute Gasteiger partial charge is 0.306 e. The lowest BCUT2D eigenvalue weighted by Gasteiger charge is -2.18. The van der Waals surface area contributed by atoms with Crippen LogP contribution in [0.2, 0.25) is 0 Å². The SMILES string of the molecule is CCCCCC/C=C\C/C=C\CCCCCCCCCC(=O)OC(COC(=O)CCCCCCCCC/C=C\CCCCCCCC)COC(=O)CCCCCCCCCCCCCCCCCCCCCCCCCCCCCC. The molecule has 476 valence electrons. The number of carbonyl (C=O) groups is 3. The van der Waals surface area contributed by atoms with Gasteiger partial charge in [0.2, 0.25) is 0 Å². The average molecular weight is 1140 g/mol. The third kappa shape index (κ3) is 68.3. The Morgan fingerprint density at radius 2 is 0.444 bits per heavy atom. The molecule has 0 amide bonds. The summed E-state index contributed by atoms with van der Waals surface area (Å²) in [4.78, 5) is 38.5. The van der Waals surface area contributed by atoms with E-state index in [1.165, 1.54) is 295 Å². The van der Waals surface area contributed by atoms with Crippen LogP contribution < -0.4 is 0 Å². The molecule has 0 N–H and O–H groups in total. The highest BCUT2D eigenvalue weighted by Gasteiger charge is 2.19. The fraction of sp³-hybridized carbons (Fsp3) is 0.880. The van der Waals surface area contributed by atoms with E-state index in [0.29, 0.717) is 19.3 Å². The Morgan fingerprint density at radius 3 is 0.704 bits per heavy atom. The highest BCUT2D eigenvalue weighted by molar-refractivity contribution is 5.71. The summed E-state index contributed by atoms with van der Waals surface area (Å²) in [6.45, 7) is 6.69. The maximum atomic E-state index is 13.0. The van der Waals surface area contributed by atoms with Crippen LogP contribution >= 0.6 is 0 Å². The summed E-state index contributed by atoms with van der Waals surface area (Å²) >= 11 is 0. The van der Waals surface area contributed by atoms with E-state index in [1.807, 2.05) is 0 Å². The summed E-state index contributed by atoms with van der Waals surface area (Å²) in [5.74, 6) is -0.855. The second-order valence-corrected chi connectivity index (χ2v) is 24.9. The first-order valence-corrected chi connectivity index (χ1v) is 36.5. The van der Waals surface area contributed by atoms with Gasteiger partial charge in [0.25, 0.3) is 0 Å². The molecule has 6 heteroatoms. The summed E-state index contributed by atoms with van der Waals surface area (Å²) in [5.41, 5.74) is 0. The monoisotopic (exact) mass is 1140 g/mol. The van der Waals surface area contributed by atoms with Crippen molar-refractivity contribution in [1.29, 1.82) is 0 Å². The minimum atomic E-state index is -0.778. The van der Waals surface area contributed by atoms with Crippen LogP contribution in [0.3, 0.4) is 0 Å². The molecule has 0 aliphatic rings. The van der Waals surface area contributed by atoms with Gasteiger partial charge in [-0.05, 0) is 77.0 Å². The van der Waals surface area contributed by atoms with Crippen molar-refractivity contribution in [3.63, 3.8) is 0 Å². The predicted molar refractivity (Wildman–Crippen MR) is 353 cm³/mol. The molecule has 1 atom stereocenters. The first-order chi connectivity index (χ1) is 40.0. The van der Waals surface area contributed by atoms with Gasteiger partial charge in [0.1, 0.15) is 13.2 Å². The van der Waals surface area contributed by atoms with E-state index in [0.717, 1.165) is 70.6 Å². The van der Waals surface area contributed by atoms with Crippen molar-refractivity contribution in [2.75, 3.05) is 13.2 Å². The molecule has 0 bridgehead atoms. The summed E-state index contributed by atoms with van der Waals surface area (Å²) in [5, 5.41) is 0. The highest BCUT2D eigenvalue weighted by Crippen LogP contribution is 2.19. The molecule has 0 heterocycles. The van der Waals surface area contributed by atoms with Crippen LogP contribution in [-0.4, -0.2) is 37.2 Å². The molecule has 0 aliphatic heterocycles. The lowest BCUT2D eigenvalue weighted by molar-refractivity contribution is -0.167. The van der Waals surface area contributed by atoms with Crippen LogP contribution in [0.5, 0.6) is 0 Å². The molecule has 1 unspecified atom stereocenters. The summed E-state index contributed by atoms with van der Waals surface area (Å²) in [7, 11) is 0. The lowest BCUT2D eigenvalue weighted by atomic mass is 10.0. The number of unbranched alkanes of at least 4 members (excludes halogenated alkanes) is 51. The number of allylic oxidation sites excluding steroid dienone is 6. The van der Waals surface area contributed by atoms with Crippen LogP contribution in [0.1, 0.15) is 406 Å². The van der Waals surface area contributed by atoms with Crippen molar-refractivity contribution >= 4 is 17.9 Å². The van der Waals surface area contributed by atoms with Crippen LogP contribution in [0.4, 0.5) is 0 Å². The molecule has 0 aromatic carbocycles. The van der Waals surface area contributed by atoms with Crippen molar-refractivity contribution in [3.8, 4) is 0 Å². The van der Waals surface area contributed by atoms with Gasteiger partial charge in [-0.2, -0.15) is 0 Å². The van der Waals surface area contributed by atoms with E-state index in [4.69, 9.17) is 14.2 Å². The number of esters is 3. The molecular formula is C75H140O6. The molecule has 6 nitrogen and oxygen atoms in total. The van der Waals surface area contributed by atoms with E-state index >= 15 is 0 Å². The quantitative estimate of drug-likeness (QED) is 0.0261. The van der Waals surface area contributed by atoms with E-state index in [1.54, 1.807) is 0 Å². The summed E-state index contributed by atoms with van der Waals surface area (Å²) in [6.07, 6.45) is 87.5. The Morgan fingerprint density at radius 1 is 0.247 bits per heavy atom. The van der Waals surface area contributed by atoms with Gasteiger partial charge >= 0.3 is 17.9 Å². The van der Waals surface area contributed by atoms with Crippen molar-refractivity contribution in [2.24, 2.45) is 0 Å². The number of rotatable bonds is 68. The predicted octanol–water partition coefficient (Wildman–Crippen LogP) is 25.1. The van der Waals surface area contributed by atoms with Gasteiger partial charge in [-0.15, -0.1) is 0 Å². The maximum absolute atomic E-state index is 13.0. The Bertz CT molecular complexity index is 1350. The number of carbonyl (C=O) groups excluding carboxylic acids is 3. The van der Waals surface area contributed by atoms with E-state index in [-0.39, 0.29) is 31.1 Å². The van der Waals surface area contributed by atoms with Gasteiger partial charge in [0.15, 0.2) is 6.10 Å². The van der Waals surface area contributed by atoms with Crippen molar-refractivity contribution in [1.82, 2.24) is 0 Å². The van der Waals surface area contributed by atoms with Gasteiger partial charge in [0.05, 0.1) is 0 Å². The fourth-order valence-corrected chi connectivity index (χ4v) is 11.1. The summed E-state index contributed by atoms with van der Waals surface area (Å²) in [6, 6.07) is 0. The Labute approximate surface area is 506 Å². The van der Waals surface area contributed by atoms with Crippen molar-refractivity contribution in [2.45, 2.75) is 412 Å². The number of hydrogen-bond acceptors (Lipinski definition) is 6. The zero-order valence-electron chi connectivity index (χ0n) is 54.8. The van der Waals surface area contributed by atoms with E-state index in [2.05, 4.69) is 57.2 Å². The first kappa shape index (κ1) is 78.6. The number of hydrogen-bond donors (Lipinski definition) is 0. The van der Waals surface area contributed by atoms with Crippen molar-refractivity contribution < 1.29 is 28.6 Å². The normalized spacial score (nSPS) is 12.2. The zero-order chi connectivity index (χ0) is 58.5. The fourth-order valence-electron chi connectivity index (χ4n) is 11.1. The Kier molecular flexibility index (Phi) is 68.1. The van der Waals surface area contributed by atoms with Crippen LogP contribution in [0.15, 0.2) is 36.5 Å². The minimum absolute atomic E-state index is 0.0721. The molecule has 0 radical (unpaired) electrons. The van der Waals surface area contributed by atoms with Crippen LogP contribution in [-0.2, 0) is 28.6 Å². The van der Waals surface area contributed by atoms with Gasteiger partial charge in [0, 0.05) is 19.3 Å². The van der Waals surface area contributed by atoms with Gasteiger partial charge in [-0.1, -0.05) is 346 Å². The second-order valence-electron chi connectivity index (χ2n) is 24.9. The van der Waals surface area contributed by atoms with Crippen molar-refractivity contribution in [3.05, 3.63) is 36.5 Å². The third-order valence-corrected chi connectivity index (χ3v) is 16.6. The van der Waals surface area contributed by atoms with Crippen LogP contribution in [0, 0.1) is 0 Å². The molecule has 0 saturated carbocycles. The van der Waals surface area contributed by atoms with E-state index in [9.17, 15) is 14.4 Å². The third-order valence-electron chi connectivity index (χ3n) is 16.6. The molecule has 0 aromatic heterocycles. The molecule has 0 aromatic rings. The van der Waals surface area contributed by atoms with Gasteiger partial charge in [-0.25, -0.2) is 0 Å². The Balaban J connectivity index is 4.24. The molecule has 0 fully saturated rings.